The van der Waals surface area contributed by atoms with E-state index in [0.717, 1.165) is 5.56 Å². The first kappa shape index (κ1) is 15.9. The van der Waals surface area contributed by atoms with Gasteiger partial charge in [-0.3, -0.25) is 4.72 Å². The Labute approximate surface area is 133 Å². The SMILES string of the molecule is CCOc1ccccc1NS(=O)(=O)c1ccc(CBr)cc1. The van der Waals surface area contributed by atoms with Crippen LogP contribution in [0, 0.1) is 0 Å². The van der Waals surface area contributed by atoms with E-state index in [1.54, 1.807) is 48.5 Å². The molecule has 0 bridgehead atoms. The lowest BCUT2D eigenvalue weighted by atomic mass is 10.2. The predicted octanol–water partition coefficient (Wildman–Crippen LogP) is 3.78. The molecule has 0 aliphatic heterocycles. The molecule has 21 heavy (non-hydrogen) atoms. The van der Waals surface area contributed by atoms with Crippen molar-refractivity contribution >= 4 is 31.6 Å². The highest BCUT2D eigenvalue weighted by Crippen LogP contribution is 2.26. The fourth-order valence-corrected chi connectivity index (χ4v) is 3.24. The molecule has 0 heterocycles. The lowest BCUT2D eigenvalue weighted by molar-refractivity contribution is 0.342. The number of halogens is 1. The Morgan fingerprint density at radius 2 is 1.76 bits per heavy atom. The molecule has 0 fully saturated rings. The van der Waals surface area contributed by atoms with Crippen molar-refractivity contribution in [1.29, 1.82) is 0 Å². The van der Waals surface area contributed by atoms with E-state index < -0.39 is 10.0 Å². The smallest absolute Gasteiger partial charge is 0.262 e. The maximum Gasteiger partial charge on any atom is 0.262 e. The van der Waals surface area contributed by atoms with Gasteiger partial charge in [0.25, 0.3) is 10.0 Å². The van der Waals surface area contributed by atoms with Gasteiger partial charge in [0.15, 0.2) is 0 Å². The predicted molar refractivity (Wildman–Crippen MR) is 87.5 cm³/mol. The molecule has 0 amide bonds. The number of anilines is 1. The number of hydrogen-bond donors (Lipinski definition) is 1. The van der Waals surface area contributed by atoms with Crippen molar-refractivity contribution in [2.45, 2.75) is 17.1 Å². The highest BCUT2D eigenvalue weighted by Gasteiger charge is 2.16. The van der Waals surface area contributed by atoms with E-state index >= 15 is 0 Å². The lowest BCUT2D eigenvalue weighted by Gasteiger charge is -2.12. The number of benzene rings is 2. The molecular weight excluding hydrogens is 354 g/mol. The van der Waals surface area contributed by atoms with Gasteiger partial charge in [-0.2, -0.15) is 0 Å². The van der Waals surface area contributed by atoms with E-state index in [9.17, 15) is 8.42 Å². The molecule has 2 aromatic rings. The van der Waals surface area contributed by atoms with Crippen LogP contribution in [0.4, 0.5) is 5.69 Å². The minimum atomic E-state index is -3.62. The fraction of sp³-hybridized carbons (Fsp3) is 0.200. The minimum absolute atomic E-state index is 0.221. The number of alkyl halides is 1. The van der Waals surface area contributed by atoms with Crippen LogP contribution < -0.4 is 9.46 Å². The van der Waals surface area contributed by atoms with Crippen LogP contribution in [0.25, 0.3) is 0 Å². The highest BCUT2D eigenvalue weighted by molar-refractivity contribution is 9.08. The summed E-state index contributed by atoms with van der Waals surface area (Å²) in [7, 11) is -3.62. The zero-order valence-electron chi connectivity index (χ0n) is 11.5. The van der Waals surface area contributed by atoms with E-state index in [4.69, 9.17) is 4.74 Å². The Morgan fingerprint density at radius 1 is 1.10 bits per heavy atom. The Hall–Kier alpha value is -1.53. The molecule has 4 nitrogen and oxygen atoms in total. The first-order valence-electron chi connectivity index (χ1n) is 6.46. The summed E-state index contributed by atoms with van der Waals surface area (Å²) in [5.41, 5.74) is 1.45. The van der Waals surface area contributed by atoms with Gasteiger partial charge in [0.1, 0.15) is 5.75 Å². The number of nitrogens with one attached hydrogen (secondary N) is 1. The topological polar surface area (TPSA) is 55.4 Å². The largest absolute Gasteiger partial charge is 0.492 e. The van der Waals surface area contributed by atoms with E-state index in [0.29, 0.717) is 23.4 Å². The molecule has 0 radical (unpaired) electrons. The number of sulfonamides is 1. The first-order valence-corrected chi connectivity index (χ1v) is 9.07. The van der Waals surface area contributed by atoms with Crippen molar-refractivity contribution in [3.63, 3.8) is 0 Å². The Bertz CT molecular complexity index is 699. The summed E-state index contributed by atoms with van der Waals surface area (Å²) >= 11 is 3.33. The normalized spacial score (nSPS) is 11.1. The summed E-state index contributed by atoms with van der Waals surface area (Å²) in [6, 6.07) is 13.7. The van der Waals surface area contributed by atoms with Crippen LogP contribution in [-0.4, -0.2) is 15.0 Å². The molecule has 6 heteroatoms. The minimum Gasteiger partial charge on any atom is -0.492 e. The summed E-state index contributed by atoms with van der Waals surface area (Å²) in [6.45, 7) is 2.32. The van der Waals surface area contributed by atoms with Gasteiger partial charge in [0.05, 0.1) is 17.2 Å². The average Bonchev–Trinajstić information content (AvgIpc) is 2.49. The summed E-state index contributed by atoms with van der Waals surface area (Å²) in [5.74, 6) is 0.514. The van der Waals surface area contributed by atoms with Crippen molar-refractivity contribution < 1.29 is 13.2 Å². The van der Waals surface area contributed by atoms with Gasteiger partial charge < -0.3 is 4.74 Å². The van der Waals surface area contributed by atoms with Gasteiger partial charge >= 0.3 is 0 Å². The highest BCUT2D eigenvalue weighted by atomic mass is 79.9. The molecule has 0 unspecified atom stereocenters. The molecule has 0 aliphatic rings. The molecule has 0 atom stereocenters. The van der Waals surface area contributed by atoms with Gasteiger partial charge in [-0.15, -0.1) is 0 Å². The zero-order chi connectivity index (χ0) is 15.3. The van der Waals surface area contributed by atoms with Crippen LogP contribution in [0.2, 0.25) is 0 Å². The van der Waals surface area contributed by atoms with E-state index in [2.05, 4.69) is 20.7 Å². The summed E-state index contributed by atoms with van der Waals surface area (Å²) in [4.78, 5) is 0.221. The van der Waals surface area contributed by atoms with Gasteiger partial charge in [-0.25, -0.2) is 8.42 Å². The standard InChI is InChI=1S/C15H16BrNO3S/c1-2-20-15-6-4-3-5-14(15)17-21(18,19)13-9-7-12(11-16)8-10-13/h3-10,17H,2,11H2,1H3. The number of rotatable bonds is 6. The number of para-hydroxylation sites is 2. The quantitative estimate of drug-likeness (QED) is 0.788. The van der Waals surface area contributed by atoms with Crippen molar-refractivity contribution in [2.75, 3.05) is 11.3 Å². The average molecular weight is 370 g/mol. The molecule has 0 spiro atoms. The van der Waals surface area contributed by atoms with Gasteiger partial charge in [0.2, 0.25) is 0 Å². The summed E-state index contributed by atoms with van der Waals surface area (Å²) in [5, 5.41) is 0.688. The summed E-state index contributed by atoms with van der Waals surface area (Å²) in [6.07, 6.45) is 0. The Balaban J connectivity index is 2.28. The van der Waals surface area contributed by atoms with E-state index in [-0.39, 0.29) is 4.90 Å². The molecule has 2 rings (SSSR count). The number of hydrogen-bond acceptors (Lipinski definition) is 3. The monoisotopic (exact) mass is 369 g/mol. The molecule has 0 saturated heterocycles. The Kier molecular flexibility index (Phi) is 5.25. The molecule has 2 aromatic carbocycles. The summed E-state index contributed by atoms with van der Waals surface area (Å²) < 4.78 is 32.7. The third-order valence-electron chi connectivity index (χ3n) is 2.82. The lowest BCUT2D eigenvalue weighted by Crippen LogP contribution is -2.13. The van der Waals surface area contributed by atoms with Crippen LogP contribution in [-0.2, 0) is 15.4 Å². The van der Waals surface area contributed by atoms with E-state index in [1.807, 2.05) is 6.92 Å². The van der Waals surface area contributed by atoms with Crippen LogP contribution in [0.5, 0.6) is 5.75 Å². The maximum absolute atomic E-state index is 12.4. The molecule has 112 valence electrons. The first-order chi connectivity index (χ1) is 10.1. The van der Waals surface area contributed by atoms with Crippen LogP contribution in [0.15, 0.2) is 53.4 Å². The second-order valence-corrected chi connectivity index (χ2v) is 6.56. The van der Waals surface area contributed by atoms with Gasteiger partial charge in [-0.05, 0) is 36.8 Å². The maximum atomic E-state index is 12.4. The van der Waals surface area contributed by atoms with Gasteiger partial charge in [0, 0.05) is 5.33 Å². The van der Waals surface area contributed by atoms with Crippen molar-refractivity contribution in [3.8, 4) is 5.75 Å². The molecule has 0 aliphatic carbocycles. The van der Waals surface area contributed by atoms with Crippen molar-refractivity contribution in [3.05, 3.63) is 54.1 Å². The molecule has 1 N–H and O–H groups in total. The van der Waals surface area contributed by atoms with Crippen LogP contribution in [0.3, 0.4) is 0 Å². The second-order valence-electron chi connectivity index (χ2n) is 4.31. The molecular formula is C15H16BrNO3S. The van der Waals surface area contributed by atoms with Crippen molar-refractivity contribution in [2.24, 2.45) is 0 Å². The number of ether oxygens (including phenoxy) is 1. The van der Waals surface area contributed by atoms with Crippen LogP contribution >= 0.6 is 15.9 Å². The molecule has 0 aromatic heterocycles. The second kappa shape index (κ2) is 6.95. The fourth-order valence-electron chi connectivity index (χ4n) is 1.79. The Morgan fingerprint density at radius 3 is 2.38 bits per heavy atom. The van der Waals surface area contributed by atoms with E-state index in [1.165, 1.54) is 0 Å². The third-order valence-corrected chi connectivity index (χ3v) is 4.85. The van der Waals surface area contributed by atoms with Crippen molar-refractivity contribution in [1.82, 2.24) is 0 Å². The van der Waals surface area contributed by atoms with Crippen LogP contribution in [0.1, 0.15) is 12.5 Å². The molecule has 0 saturated carbocycles. The zero-order valence-corrected chi connectivity index (χ0v) is 13.9. The third kappa shape index (κ3) is 3.98. The van der Waals surface area contributed by atoms with Gasteiger partial charge in [-0.1, -0.05) is 40.2 Å².